The van der Waals surface area contributed by atoms with Crippen molar-refractivity contribution in [1.82, 2.24) is 10.2 Å². The smallest absolute Gasteiger partial charge is 0.0589 e. The molecule has 1 aliphatic carbocycles. The molecular weight excluding hydrogens is 152 g/mol. The summed E-state index contributed by atoms with van der Waals surface area (Å²) >= 11 is 0. The van der Waals surface area contributed by atoms with E-state index < -0.39 is 0 Å². The molecule has 0 aromatic rings. The third-order valence-electron chi connectivity index (χ3n) is 2.92. The molecule has 0 unspecified atom stereocenters. The molecule has 3 nitrogen and oxygen atoms in total. The van der Waals surface area contributed by atoms with Crippen LogP contribution in [0.2, 0.25) is 0 Å². The molecule has 2 rings (SSSR count). The zero-order chi connectivity index (χ0) is 8.44. The molecule has 0 amide bonds. The lowest BCUT2D eigenvalue weighted by molar-refractivity contribution is 0.122. The van der Waals surface area contributed by atoms with Crippen molar-refractivity contribution >= 4 is 0 Å². The first-order chi connectivity index (χ1) is 5.85. The second-order valence-corrected chi connectivity index (χ2v) is 3.98. The van der Waals surface area contributed by atoms with Crippen LogP contribution in [0.5, 0.6) is 0 Å². The summed E-state index contributed by atoms with van der Waals surface area (Å²) in [5.74, 6) is 0. The van der Waals surface area contributed by atoms with Crippen molar-refractivity contribution in [2.24, 2.45) is 0 Å². The van der Waals surface area contributed by atoms with Gasteiger partial charge in [0.15, 0.2) is 0 Å². The maximum atomic E-state index is 5.07. The van der Waals surface area contributed by atoms with Crippen LogP contribution in [0.4, 0.5) is 0 Å². The van der Waals surface area contributed by atoms with E-state index in [0.717, 1.165) is 19.7 Å². The minimum absolute atomic E-state index is 0.520. The van der Waals surface area contributed by atoms with Crippen molar-refractivity contribution in [2.45, 2.75) is 18.4 Å². The maximum absolute atomic E-state index is 5.07. The van der Waals surface area contributed by atoms with Gasteiger partial charge in [0, 0.05) is 38.8 Å². The van der Waals surface area contributed by atoms with E-state index in [2.05, 4.69) is 10.2 Å². The summed E-state index contributed by atoms with van der Waals surface area (Å²) in [6, 6.07) is 0. The summed E-state index contributed by atoms with van der Waals surface area (Å²) in [6.45, 7) is 5.54. The van der Waals surface area contributed by atoms with E-state index in [-0.39, 0.29) is 0 Å². The predicted molar refractivity (Wildman–Crippen MR) is 48.3 cm³/mol. The van der Waals surface area contributed by atoms with Gasteiger partial charge in [-0.1, -0.05) is 0 Å². The van der Waals surface area contributed by atoms with E-state index in [1.54, 1.807) is 7.11 Å². The molecule has 0 aromatic heterocycles. The molecule has 1 N–H and O–H groups in total. The fourth-order valence-corrected chi connectivity index (χ4v) is 1.94. The highest BCUT2D eigenvalue weighted by Crippen LogP contribution is 2.37. The molecule has 1 saturated heterocycles. The molecule has 1 heterocycles. The second kappa shape index (κ2) is 3.32. The molecule has 1 aliphatic heterocycles. The van der Waals surface area contributed by atoms with Crippen LogP contribution in [-0.4, -0.2) is 50.3 Å². The predicted octanol–water partition coefficient (Wildman–Crippen LogP) is 0.0706. The summed E-state index contributed by atoms with van der Waals surface area (Å²) in [5.41, 5.74) is 0.520. The molecule has 1 saturated carbocycles. The summed E-state index contributed by atoms with van der Waals surface area (Å²) in [7, 11) is 1.77. The molecule has 1 spiro atoms. The molecule has 3 heteroatoms. The molecule has 0 bridgehead atoms. The van der Waals surface area contributed by atoms with E-state index in [1.165, 1.54) is 25.9 Å². The Hall–Kier alpha value is -0.120. The second-order valence-electron chi connectivity index (χ2n) is 3.98. The van der Waals surface area contributed by atoms with Gasteiger partial charge in [0.25, 0.3) is 0 Å². The van der Waals surface area contributed by atoms with Crippen LogP contribution in [0.3, 0.4) is 0 Å². The molecule has 2 aliphatic rings. The van der Waals surface area contributed by atoms with Gasteiger partial charge in [-0.15, -0.1) is 0 Å². The third kappa shape index (κ3) is 1.79. The average molecular weight is 170 g/mol. The van der Waals surface area contributed by atoms with E-state index >= 15 is 0 Å². The van der Waals surface area contributed by atoms with Gasteiger partial charge in [-0.05, 0) is 12.8 Å². The highest BCUT2D eigenvalue weighted by molar-refractivity contribution is 5.06. The van der Waals surface area contributed by atoms with Gasteiger partial charge in [0.2, 0.25) is 0 Å². The van der Waals surface area contributed by atoms with Crippen molar-refractivity contribution in [3.8, 4) is 0 Å². The topological polar surface area (TPSA) is 24.5 Å². The minimum atomic E-state index is 0.520. The number of nitrogens with one attached hydrogen (secondary N) is 1. The van der Waals surface area contributed by atoms with Crippen molar-refractivity contribution < 1.29 is 4.74 Å². The van der Waals surface area contributed by atoms with Gasteiger partial charge in [0.1, 0.15) is 0 Å². The summed E-state index contributed by atoms with van der Waals surface area (Å²) in [4.78, 5) is 2.51. The average Bonchev–Trinajstić information content (AvgIpc) is 2.82. The van der Waals surface area contributed by atoms with E-state index in [9.17, 15) is 0 Å². The fraction of sp³-hybridized carbons (Fsp3) is 1.00. The zero-order valence-electron chi connectivity index (χ0n) is 7.81. The van der Waals surface area contributed by atoms with Crippen LogP contribution in [-0.2, 0) is 4.74 Å². The minimum Gasteiger partial charge on any atom is -0.383 e. The highest BCUT2D eigenvalue weighted by Gasteiger charge is 2.45. The summed E-state index contributed by atoms with van der Waals surface area (Å²) < 4.78 is 5.07. The van der Waals surface area contributed by atoms with Crippen molar-refractivity contribution in [3.63, 3.8) is 0 Å². The van der Waals surface area contributed by atoms with Crippen LogP contribution < -0.4 is 5.32 Å². The number of hydrogen-bond donors (Lipinski definition) is 1. The lowest BCUT2D eigenvalue weighted by Crippen LogP contribution is -2.53. The van der Waals surface area contributed by atoms with Gasteiger partial charge < -0.3 is 10.1 Å². The number of rotatable bonds is 3. The third-order valence-corrected chi connectivity index (χ3v) is 2.92. The van der Waals surface area contributed by atoms with Crippen LogP contribution >= 0.6 is 0 Å². The van der Waals surface area contributed by atoms with Crippen molar-refractivity contribution in [1.29, 1.82) is 0 Å². The van der Waals surface area contributed by atoms with Gasteiger partial charge >= 0.3 is 0 Å². The fourth-order valence-electron chi connectivity index (χ4n) is 1.94. The van der Waals surface area contributed by atoms with E-state index in [4.69, 9.17) is 4.74 Å². The summed E-state index contributed by atoms with van der Waals surface area (Å²) in [5, 5.41) is 3.59. The lowest BCUT2D eigenvalue weighted by Gasteiger charge is -2.33. The summed E-state index contributed by atoms with van der Waals surface area (Å²) in [6.07, 6.45) is 2.74. The molecule has 0 radical (unpaired) electrons. The first-order valence-electron chi connectivity index (χ1n) is 4.81. The van der Waals surface area contributed by atoms with Crippen LogP contribution in [0, 0.1) is 0 Å². The Labute approximate surface area is 74.1 Å². The Morgan fingerprint density at radius 3 is 3.00 bits per heavy atom. The molecule has 0 atom stereocenters. The molecule has 70 valence electrons. The number of ether oxygens (including phenoxy) is 1. The van der Waals surface area contributed by atoms with E-state index in [1.807, 2.05) is 0 Å². The zero-order valence-corrected chi connectivity index (χ0v) is 7.81. The first-order valence-corrected chi connectivity index (χ1v) is 4.81. The van der Waals surface area contributed by atoms with Crippen molar-refractivity contribution in [3.05, 3.63) is 0 Å². The molecular formula is C9H18N2O. The monoisotopic (exact) mass is 170 g/mol. The normalized spacial score (nSPS) is 27.8. The van der Waals surface area contributed by atoms with Crippen LogP contribution in [0.15, 0.2) is 0 Å². The quantitative estimate of drug-likeness (QED) is 0.649. The molecule has 2 fully saturated rings. The Morgan fingerprint density at radius 1 is 1.50 bits per heavy atom. The van der Waals surface area contributed by atoms with Gasteiger partial charge in [0.05, 0.1) is 6.61 Å². The highest BCUT2D eigenvalue weighted by atomic mass is 16.5. The van der Waals surface area contributed by atoms with E-state index in [0.29, 0.717) is 5.54 Å². The molecule has 0 aromatic carbocycles. The van der Waals surface area contributed by atoms with Crippen molar-refractivity contribution in [2.75, 3.05) is 39.9 Å². The Balaban J connectivity index is 1.75. The number of piperazine rings is 1. The number of methoxy groups -OCH3 is 1. The largest absolute Gasteiger partial charge is 0.383 e. The Bertz CT molecular complexity index is 157. The SMILES string of the molecule is COCCN1CCNC2(CC2)C1. The van der Waals surface area contributed by atoms with Gasteiger partial charge in [-0.25, -0.2) is 0 Å². The Morgan fingerprint density at radius 2 is 2.33 bits per heavy atom. The van der Waals surface area contributed by atoms with Gasteiger partial charge in [-0.2, -0.15) is 0 Å². The standard InChI is InChI=1S/C9H18N2O/c1-12-7-6-11-5-4-10-9(8-11)2-3-9/h10H,2-8H2,1H3. The number of hydrogen-bond acceptors (Lipinski definition) is 3. The van der Waals surface area contributed by atoms with Gasteiger partial charge in [-0.3, -0.25) is 4.90 Å². The van der Waals surface area contributed by atoms with Crippen LogP contribution in [0.25, 0.3) is 0 Å². The van der Waals surface area contributed by atoms with Crippen LogP contribution in [0.1, 0.15) is 12.8 Å². The first kappa shape index (κ1) is 8.48. The molecule has 12 heavy (non-hydrogen) atoms. The maximum Gasteiger partial charge on any atom is 0.0589 e. The lowest BCUT2D eigenvalue weighted by atomic mass is 10.2. The Kier molecular flexibility index (Phi) is 2.35. The number of nitrogens with zero attached hydrogens (tertiary/aromatic N) is 1.